The molecule has 5 heteroatoms. The van der Waals surface area contributed by atoms with Gasteiger partial charge in [0.15, 0.2) is 0 Å². The largest absolute Gasteiger partial charge is 0.464 e. The molecule has 0 bridgehead atoms. The average molecular weight is 404 g/mol. The molecule has 0 radical (unpaired) electrons. The number of hydrogen-bond donors (Lipinski definition) is 1. The number of esters is 1. The Morgan fingerprint density at radius 1 is 0.966 bits per heavy atom. The van der Waals surface area contributed by atoms with Crippen LogP contribution in [0.1, 0.15) is 70.3 Å². The number of hydrogen-bond acceptors (Lipinski definition) is 4. The summed E-state index contributed by atoms with van der Waals surface area (Å²) in [4.78, 5) is 24.4. The highest BCUT2D eigenvalue weighted by molar-refractivity contribution is 5.81. The van der Waals surface area contributed by atoms with Crippen LogP contribution >= 0.6 is 0 Å². The number of benzene rings is 1. The van der Waals surface area contributed by atoms with Crippen molar-refractivity contribution in [2.45, 2.75) is 77.2 Å². The van der Waals surface area contributed by atoms with Gasteiger partial charge in [-0.05, 0) is 31.2 Å². The second kappa shape index (κ2) is 16.6. The van der Waals surface area contributed by atoms with E-state index in [1.807, 2.05) is 43.3 Å². The predicted molar refractivity (Wildman–Crippen MR) is 117 cm³/mol. The van der Waals surface area contributed by atoms with Gasteiger partial charge in [-0.1, -0.05) is 75.4 Å². The standard InChI is InChI=1S/C24H37NO4/c1-3-5-6-7-8-9-10-11-15-19-28-23(26)22(25-24(27)29-18-4-2)20-21-16-13-12-14-17-21/h3,12-14,16-17,22H,1,4-11,15,18-20H2,2H3,(H,25,27). The normalized spacial score (nSPS) is 11.5. The minimum absolute atomic E-state index is 0.326. The Hall–Kier alpha value is -2.30. The summed E-state index contributed by atoms with van der Waals surface area (Å²) in [6.07, 6.45) is 11.6. The molecule has 1 unspecified atom stereocenters. The van der Waals surface area contributed by atoms with Gasteiger partial charge in [-0.25, -0.2) is 9.59 Å². The van der Waals surface area contributed by atoms with Crippen LogP contribution in [0.15, 0.2) is 43.0 Å². The molecule has 0 aliphatic heterocycles. The minimum Gasteiger partial charge on any atom is -0.464 e. The van der Waals surface area contributed by atoms with Gasteiger partial charge in [0.2, 0.25) is 0 Å². The lowest BCUT2D eigenvalue weighted by atomic mass is 10.1. The van der Waals surface area contributed by atoms with Gasteiger partial charge in [-0.15, -0.1) is 6.58 Å². The molecule has 1 N–H and O–H groups in total. The monoisotopic (exact) mass is 403 g/mol. The van der Waals surface area contributed by atoms with Crippen molar-refractivity contribution in [2.24, 2.45) is 0 Å². The third-order valence-electron chi connectivity index (χ3n) is 4.59. The molecule has 1 aromatic carbocycles. The van der Waals surface area contributed by atoms with E-state index in [9.17, 15) is 9.59 Å². The first-order chi connectivity index (χ1) is 14.2. The minimum atomic E-state index is -0.744. The van der Waals surface area contributed by atoms with Crippen molar-refractivity contribution >= 4 is 12.1 Å². The third-order valence-corrected chi connectivity index (χ3v) is 4.59. The van der Waals surface area contributed by atoms with E-state index in [1.165, 1.54) is 25.7 Å². The first-order valence-electron chi connectivity index (χ1n) is 10.9. The highest BCUT2D eigenvalue weighted by Gasteiger charge is 2.23. The SMILES string of the molecule is C=CCCCCCCCCCOC(=O)C(Cc1ccccc1)NC(=O)OCCC. The van der Waals surface area contributed by atoms with Crippen molar-refractivity contribution in [2.75, 3.05) is 13.2 Å². The number of ether oxygens (including phenoxy) is 2. The van der Waals surface area contributed by atoms with Crippen LogP contribution in [0.4, 0.5) is 4.79 Å². The van der Waals surface area contributed by atoms with Gasteiger partial charge >= 0.3 is 12.1 Å². The molecule has 1 aromatic rings. The first-order valence-corrected chi connectivity index (χ1v) is 10.9. The molecular weight excluding hydrogens is 366 g/mol. The molecule has 1 rings (SSSR count). The Bertz CT molecular complexity index is 574. The second-order valence-electron chi connectivity index (χ2n) is 7.24. The number of amides is 1. The summed E-state index contributed by atoms with van der Waals surface area (Å²) < 4.78 is 10.5. The number of alkyl carbamates (subject to hydrolysis) is 1. The molecule has 29 heavy (non-hydrogen) atoms. The fourth-order valence-corrected chi connectivity index (χ4v) is 2.97. The molecule has 1 atom stereocenters. The average Bonchev–Trinajstić information content (AvgIpc) is 2.73. The van der Waals surface area contributed by atoms with Crippen molar-refractivity contribution in [1.82, 2.24) is 5.32 Å². The molecule has 0 aromatic heterocycles. The van der Waals surface area contributed by atoms with Crippen molar-refractivity contribution < 1.29 is 19.1 Å². The van der Waals surface area contributed by atoms with E-state index in [0.717, 1.165) is 37.7 Å². The summed E-state index contributed by atoms with van der Waals surface area (Å²) in [6.45, 7) is 6.36. The van der Waals surface area contributed by atoms with Gasteiger partial charge in [0.05, 0.1) is 13.2 Å². The fourth-order valence-electron chi connectivity index (χ4n) is 2.97. The molecule has 0 aliphatic rings. The smallest absolute Gasteiger partial charge is 0.407 e. The van der Waals surface area contributed by atoms with Gasteiger partial charge < -0.3 is 14.8 Å². The number of carbonyl (C=O) groups is 2. The maximum absolute atomic E-state index is 12.5. The van der Waals surface area contributed by atoms with Crippen LogP contribution in [0.3, 0.4) is 0 Å². The molecule has 0 saturated heterocycles. The Morgan fingerprint density at radius 3 is 2.28 bits per heavy atom. The highest BCUT2D eigenvalue weighted by Crippen LogP contribution is 2.10. The van der Waals surface area contributed by atoms with Gasteiger partial charge in [0.1, 0.15) is 6.04 Å². The molecule has 0 saturated carbocycles. The quantitative estimate of drug-likeness (QED) is 0.222. The van der Waals surface area contributed by atoms with Crippen molar-refractivity contribution in [3.8, 4) is 0 Å². The van der Waals surface area contributed by atoms with Crippen molar-refractivity contribution in [3.63, 3.8) is 0 Å². The molecule has 5 nitrogen and oxygen atoms in total. The van der Waals surface area contributed by atoms with Gasteiger partial charge in [-0.3, -0.25) is 0 Å². The summed E-state index contributed by atoms with van der Waals surface area (Å²) in [7, 11) is 0. The number of carbonyl (C=O) groups excluding carboxylic acids is 2. The summed E-state index contributed by atoms with van der Waals surface area (Å²) in [5.74, 6) is -0.410. The Kier molecular flexibility index (Phi) is 14.2. The van der Waals surface area contributed by atoms with Crippen LogP contribution in [0, 0.1) is 0 Å². The molecule has 1 amide bonds. The maximum atomic E-state index is 12.5. The van der Waals surface area contributed by atoms with Crippen LogP contribution in [0.25, 0.3) is 0 Å². The van der Waals surface area contributed by atoms with E-state index in [1.54, 1.807) is 0 Å². The lowest BCUT2D eigenvalue weighted by Crippen LogP contribution is -2.43. The van der Waals surface area contributed by atoms with Gasteiger partial charge in [0.25, 0.3) is 0 Å². The number of unbranched alkanes of at least 4 members (excludes halogenated alkanes) is 7. The van der Waals surface area contributed by atoms with E-state index in [2.05, 4.69) is 11.9 Å². The predicted octanol–water partition coefficient (Wildman–Crippen LogP) is 5.58. The third kappa shape index (κ3) is 12.7. The zero-order chi connectivity index (χ0) is 21.2. The number of allylic oxidation sites excluding steroid dienone is 1. The molecule has 0 spiro atoms. The van der Waals surface area contributed by atoms with Gasteiger partial charge in [0, 0.05) is 6.42 Å². The summed E-state index contributed by atoms with van der Waals surface area (Å²) >= 11 is 0. The fraction of sp³-hybridized carbons (Fsp3) is 0.583. The first kappa shape index (κ1) is 24.7. The van der Waals surface area contributed by atoms with Crippen LogP contribution in [0.2, 0.25) is 0 Å². The molecule has 0 fully saturated rings. The van der Waals surface area contributed by atoms with Gasteiger partial charge in [-0.2, -0.15) is 0 Å². The Labute approximate surface area is 175 Å². The van der Waals surface area contributed by atoms with E-state index < -0.39 is 18.1 Å². The van der Waals surface area contributed by atoms with Crippen LogP contribution in [-0.4, -0.2) is 31.3 Å². The van der Waals surface area contributed by atoms with Crippen molar-refractivity contribution in [3.05, 3.63) is 48.6 Å². The lowest BCUT2D eigenvalue weighted by Gasteiger charge is -2.17. The molecule has 162 valence electrons. The van der Waals surface area contributed by atoms with Crippen LogP contribution < -0.4 is 5.32 Å². The van der Waals surface area contributed by atoms with Crippen LogP contribution in [-0.2, 0) is 20.7 Å². The number of nitrogens with one attached hydrogen (secondary N) is 1. The Balaban J connectivity index is 2.32. The topological polar surface area (TPSA) is 64.6 Å². The van der Waals surface area contributed by atoms with E-state index in [0.29, 0.717) is 19.6 Å². The zero-order valence-electron chi connectivity index (χ0n) is 17.9. The van der Waals surface area contributed by atoms with E-state index in [4.69, 9.17) is 9.47 Å². The van der Waals surface area contributed by atoms with Crippen LogP contribution in [0.5, 0.6) is 0 Å². The molecular formula is C24H37NO4. The summed E-state index contributed by atoms with van der Waals surface area (Å²) in [5.41, 5.74) is 0.960. The summed E-state index contributed by atoms with van der Waals surface area (Å²) in [6, 6.07) is 8.84. The van der Waals surface area contributed by atoms with Crippen molar-refractivity contribution in [1.29, 1.82) is 0 Å². The van der Waals surface area contributed by atoms with E-state index >= 15 is 0 Å². The van der Waals surface area contributed by atoms with E-state index in [-0.39, 0.29) is 0 Å². The molecule has 0 heterocycles. The zero-order valence-corrected chi connectivity index (χ0v) is 17.9. The maximum Gasteiger partial charge on any atom is 0.407 e. The second-order valence-corrected chi connectivity index (χ2v) is 7.24. The molecule has 0 aliphatic carbocycles. The highest BCUT2D eigenvalue weighted by atomic mass is 16.6. The lowest BCUT2D eigenvalue weighted by molar-refractivity contribution is -0.146. The Morgan fingerprint density at radius 2 is 1.62 bits per heavy atom. The summed E-state index contributed by atoms with van der Waals surface area (Å²) in [5, 5.41) is 2.64. The number of rotatable bonds is 16.